The molecule has 0 atom stereocenters. The first-order valence-corrected chi connectivity index (χ1v) is 6.67. The van der Waals surface area contributed by atoms with Crippen LogP contribution < -0.4 is 0 Å². The molecular weight excluding hydrogens is 127 g/mol. The summed E-state index contributed by atoms with van der Waals surface area (Å²) in [5.41, 5.74) is 0. The molecular formula is HPS3. The molecule has 0 aromatic rings. The molecule has 4 heteroatoms. The Kier molecular flexibility index (Phi) is 1.65. The van der Waals surface area contributed by atoms with E-state index in [-0.39, 0.29) is 0 Å². The van der Waals surface area contributed by atoms with Crippen molar-refractivity contribution in [2.45, 2.75) is 0 Å². The molecule has 0 unspecified atom stereocenters. The Morgan fingerprint density at radius 2 is 1.50 bits per heavy atom. The van der Waals surface area contributed by atoms with Gasteiger partial charge in [-0.3, -0.25) is 0 Å². The van der Waals surface area contributed by atoms with E-state index in [0.29, 0.717) is 0 Å². The predicted octanol–water partition coefficient (Wildman–Crippen LogP) is 2.54. The van der Waals surface area contributed by atoms with Crippen LogP contribution in [-0.2, 0) is 0 Å². The van der Waals surface area contributed by atoms with Gasteiger partial charge in [-0.05, 0) is 30.7 Å². The normalized spacial score (nSPS) is 24.0. The molecule has 0 aliphatic carbocycles. The molecule has 1 rings (SSSR count). The van der Waals surface area contributed by atoms with Crippen LogP contribution in [0.3, 0.4) is 0 Å². The van der Waals surface area contributed by atoms with E-state index in [2.05, 4.69) is 0 Å². The van der Waals surface area contributed by atoms with Crippen molar-refractivity contribution in [1.82, 2.24) is 0 Å². The summed E-state index contributed by atoms with van der Waals surface area (Å²) in [4.78, 5) is 0. The highest BCUT2D eigenvalue weighted by atomic mass is 33.9. The fourth-order valence-corrected chi connectivity index (χ4v) is 2.76. The average molecular weight is 128 g/mol. The maximum atomic E-state index is 1.94. The van der Waals surface area contributed by atoms with E-state index in [1.165, 1.54) is 0 Å². The minimum Gasteiger partial charge on any atom is -0.0459 e. The van der Waals surface area contributed by atoms with Crippen LogP contribution in [-0.4, -0.2) is 0 Å². The summed E-state index contributed by atoms with van der Waals surface area (Å²) in [6, 6.07) is 0. The first-order chi connectivity index (χ1) is 2.00. The zero-order valence-corrected chi connectivity index (χ0v) is 5.17. The van der Waals surface area contributed by atoms with Crippen molar-refractivity contribution in [2.75, 3.05) is 0 Å². The highest BCUT2D eigenvalue weighted by Crippen LogP contribution is 2.71. The van der Waals surface area contributed by atoms with Crippen molar-refractivity contribution in [3.05, 3.63) is 0 Å². The Morgan fingerprint density at radius 1 is 1.25 bits per heavy atom. The highest BCUT2D eigenvalue weighted by Gasteiger charge is 1.98. The summed E-state index contributed by atoms with van der Waals surface area (Å²) in [5.74, 6) is 0. The summed E-state index contributed by atoms with van der Waals surface area (Å²) in [5, 5.41) is 0. The van der Waals surface area contributed by atoms with Crippen LogP contribution in [0.2, 0.25) is 0 Å². The van der Waals surface area contributed by atoms with E-state index in [1.807, 2.05) is 30.7 Å². The lowest BCUT2D eigenvalue weighted by atomic mass is 29.7. The second kappa shape index (κ2) is 1.81. The molecule has 24 valence electrons. The largest absolute Gasteiger partial charge is 0.0459 e. The van der Waals surface area contributed by atoms with E-state index in [0.717, 1.165) is 6.98 Å². The SMILES string of the molecule is P1SSS1. The van der Waals surface area contributed by atoms with Crippen LogP contribution in [0, 0.1) is 0 Å². The molecule has 1 saturated heterocycles. The van der Waals surface area contributed by atoms with Gasteiger partial charge in [0.15, 0.2) is 0 Å². The van der Waals surface area contributed by atoms with E-state index in [1.54, 1.807) is 0 Å². The van der Waals surface area contributed by atoms with E-state index < -0.39 is 0 Å². The molecule has 1 aliphatic rings. The minimum atomic E-state index is 1.12. The van der Waals surface area contributed by atoms with Crippen LogP contribution >= 0.6 is 37.6 Å². The van der Waals surface area contributed by atoms with Crippen LogP contribution in [0.1, 0.15) is 0 Å². The van der Waals surface area contributed by atoms with Crippen molar-refractivity contribution in [3.63, 3.8) is 0 Å². The topological polar surface area (TPSA) is 0 Å². The molecule has 0 bridgehead atoms. The fourth-order valence-electron chi connectivity index (χ4n) is 0.0340. The van der Waals surface area contributed by atoms with Gasteiger partial charge in [-0.15, -0.1) is 0 Å². The maximum Gasteiger partial charge on any atom is 0.0238 e. The molecule has 1 aliphatic heterocycles. The molecule has 4 heavy (non-hydrogen) atoms. The zero-order valence-electron chi connectivity index (χ0n) is 1.72. The van der Waals surface area contributed by atoms with Crippen molar-refractivity contribution >= 4 is 37.6 Å². The first-order valence-electron chi connectivity index (χ1n) is 0.742. The van der Waals surface area contributed by atoms with E-state index >= 15 is 0 Å². The molecule has 0 radical (unpaired) electrons. The van der Waals surface area contributed by atoms with Crippen molar-refractivity contribution in [1.29, 1.82) is 0 Å². The summed E-state index contributed by atoms with van der Waals surface area (Å²) in [6.07, 6.45) is 0. The Hall–Kier alpha value is 1.48. The summed E-state index contributed by atoms with van der Waals surface area (Å²) < 4.78 is 0. The van der Waals surface area contributed by atoms with Gasteiger partial charge in [0.1, 0.15) is 0 Å². The third-order valence-electron chi connectivity index (χ3n) is 0.136. The van der Waals surface area contributed by atoms with Gasteiger partial charge in [-0.1, -0.05) is 0 Å². The van der Waals surface area contributed by atoms with E-state index in [9.17, 15) is 0 Å². The van der Waals surface area contributed by atoms with Crippen molar-refractivity contribution in [2.24, 2.45) is 0 Å². The Bertz CT molecular complexity index is 11.2. The summed E-state index contributed by atoms with van der Waals surface area (Å²) >= 11 is 0. The molecule has 1 heterocycles. The Morgan fingerprint density at radius 3 is 1.50 bits per heavy atom. The Labute approximate surface area is 37.9 Å². The van der Waals surface area contributed by atoms with Gasteiger partial charge in [0.2, 0.25) is 0 Å². The molecule has 1 fully saturated rings. The maximum absolute atomic E-state index is 1.94. The zero-order chi connectivity index (χ0) is 2.83. The lowest BCUT2D eigenvalue weighted by Crippen LogP contribution is -1.30. The van der Waals surface area contributed by atoms with Gasteiger partial charge in [0.05, 0.1) is 0 Å². The van der Waals surface area contributed by atoms with Crippen LogP contribution in [0.5, 0.6) is 0 Å². The second-order valence-electron chi connectivity index (χ2n) is 0.318. The number of rotatable bonds is 0. The number of hydrogen-bond acceptors (Lipinski definition) is 3. The average Bonchev–Trinajstić information content (AvgIpc) is 0.722. The number of hydrogen-bond donors (Lipinski definition) is 0. The minimum absolute atomic E-state index is 1.12. The van der Waals surface area contributed by atoms with Crippen LogP contribution in [0.25, 0.3) is 0 Å². The molecule has 0 amide bonds. The second-order valence-corrected chi connectivity index (χ2v) is 8.59. The molecule has 0 nitrogen and oxygen atoms in total. The van der Waals surface area contributed by atoms with Gasteiger partial charge in [-0.2, -0.15) is 0 Å². The molecule has 0 aromatic heterocycles. The van der Waals surface area contributed by atoms with Gasteiger partial charge < -0.3 is 0 Å². The molecule has 0 saturated carbocycles. The predicted molar refractivity (Wildman–Crippen MR) is 31.1 cm³/mol. The van der Waals surface area contributed by atoms with E-state index in [4.69, 9.17) is 0 Å². The third-order valence-corrected chi connectivity index (χ3v) is 11.0. The fraction of sp³-hybridized carbons (Fsp3) is 0. The molecule has 0 N–H and O–H groups in total. The van der Waals surface area contributed by atoms with Gasteiger partial charge >= 0.3 is 0 Å². The third kappa shape index (κ3) is 0.713. The first kappa shape index (κ1) is 3.66. The van der Waals surface area contributed by atoms with Gasteiger partial charge in [-0.25, -0.2) is 0 Å². The van der Waals surface area contributed by atoms with Gasteiger partial charge in [0.25, 0.3) is 0 Å². The monoisotopic (exact) mass is 128 g/mol. The quantitative estimate of drug-likeness (QED) is 0.363. The van der Waals surface area contributed by atoms with Gasteiger partial charge in [0, 0.05) is 6.98 Å². The lowest BCUT2D eigenvalue weighted by Gasteiger charge is -2.02. The smallest absolute Gasteiger partial charge is 0.0238 e. The van der Waals surface area contributed by atoms with Crippen molar-refractivity contribution < 1.29 is 0 Å². The van der Waals surface area contributed by atoms with Crippen LogP contribution in [0.15, 0.2) is 0 Å². The molecule has 0 aromatic carbocycles. The van der Waals surface area contributed by atoms with Crippen molar-refractivity contribution in [3.8, 4) is 0 Å². The molecule has 0 spiro atoms. The van der Waals surface area contributed by atoms with Crippen LogP contribution in [0.4, 0.5) is 0 Å². The summed E-state index contributed by atoms with van der Waals surface area (Å²) in [7, 11) is 5.77. The lowest BCUT2D eigenvalue weighted by molar-refractivity contribution is 5.38. The standard InChI is InChI=1S/HPS3/c1-2-4-3-1/h1H. The Balaban J connectivity index is 2.00. The summed E-state index contributed by atoms with van der Waals surface area (Å²) in [6.45, 7) is 1.12. The highest BCUT2D eigenvalue weighted by molar-refractivity contribution is 9.45.